The molecule has 7 nitrogen and oxygen atoms in total. The number of guanidine groups is 1. The summed E-state index contributed by atoms with van der Waals surface area (Å²) in [5, 5.41) is 8.49. The van der Waals surface area contributed by atoms with E-state index in [1.165, 1.54) is 17.7 Å². The van der Waals surface area contributed by atoms with Gasteiger partial charge in [0.25, 0.3) is 0 Å². The lowest BCUT2D eigenvalue weighted by atomic mass is 10.1. The third kappa shape index (κ3) is 6.89. The van der Waals surface area contributed by atoms with Gasteiger partial charge in [-0.25, -0.2) is 4.99 Å². The van der Waals surface area contributed by atoms with Crippen LogP contribution in [0.1, 0.15) is 36.1 Å². The molecule has 0 radical (unpaired) electrons. The fourth-order valence-electron chi connectivity index (χ4n) is 3.39. The smallest absolute Gasteiger partial charge is 0.241 e. The second kappa shape index (κ2) is 11.6. The van der Waals surface area contributed by atoms with Gasteiger partial charge < -0.3 is 25.0 Å². The molecule has 3 rings (SSSR count). The van der Waals surface area contributed by atoms with E-state index in [4.69, 9.17) is 14.5 Å². The number of hydrogen-bond acceptors (Lipinski definition) is 5. The van der Waals surface area contributed by atoms with E-state index in [1.807, 2.05) is 29.6 Å². The zero-order chi connectivity index (χ0) is 22.1. The van der Waals surface area contributed by atoms with Gasteiger partial charge in [-0.05, 0) is 43.2 Å². The summed E-state index contributed by atoms with van der Waals surface area (Å²) in [6.07, 6.45) is 4.78. The molecule has 0 unspecified atom stereocenters. The number of rotatable bonds is 9. The first-order valence-corrected chi connectivity index (χ1v) is 11.5. The molecule has 1 fully saturated rings. The number of ether oxygens (including phenoxy) is 2. The zero-order valence-corrected chi connectivity index (χ0v) is 19.3. The Balaban J connectivity index is 1.74. The maximum Gasteiger partial charge on any atom is 0.241 e. The molecule has 1 aromatic heterocycles. The lowest BCUT2D eigenvalue weighted by Gasteiger charge is -2.19. The highest BCUT2D eigenvalue weighted by molar-refractivity contribution is 7.09. The Bertz CT molecular complexity index is 862. The van der Waals surface area contributed by atoms with Crippen molar-refractivity contribution in [2.24, 2.45) is 4.99 Å². The summed E-state index contributed by atoms with van der Waals surface area (Å²) in [4.78, 5) is 19.5. The predicted octanol–water partition coefficient (Wildman–Crippen LogP) is 3.40. The standard InChI is InChI=1S/C23H32N4O3S/c1-27(2)21(28)16-26-23(25-15-19-11-7-13-31-19)24-14-17-8-6-12-20(29-3)22(17)30-18-9-4-5-10-18/h6-8,11-13,18H,4-5,9-10,14-16H2,1-3H3,(H2,24,25,26). The van der Waals surface area contributed by atoms with Gasteiger partial charge in [-0.2, -0.15) is 0 Å². The summed E-state index contributed by atoms with van der Waals surface area (Å²) in [6.45, 7) is 1.23. The number of benzene rings is 1. The van der Waals surface area contributed by atoms with Crippen LogP contribution in [-0.4, -0.2) is 50.6 Å². The molecule has 1 aliphatic rings. The highest BCUT2D eigenvalue weighted by atomic mass is 32.1. The normalized spacial score (nSPS) is 14.4. The number of amides is 1. The van der Waals surface area contributed by atoms with Crippen LogP contribution in [0.5, 0.6) is 11.5 Å². The van der Waals surface area contributed by atoms with Crippen LogP contribution in [0.4, 0.5) is 0 Å². The molecule has 1 aromatic carbocycles. The van der Waals surface area contributed by atoms with E-state index < -0.39 is 0 Å². The molecule has 31 heavy (non-hydrogen) atoms. The summed E-state index contributed by atoms with van der Waals surface area (Å²) in [6, 6.07) is 9.97. The van der Waals surface area contributed by atoms with Crippen molar-refractivity contribution < 1.29 is 14.3 Å². The Morgan fingerprint density at radius 3 is 2.68 bits per heavy atom. The molecule has 0 bridgehead atoms. The maximum absolute atomic E-state index is 12.0. The molecule has 2 aromatic rings. The van der Waals surface area contributed by atoms with Gasteiger partial charge in [0, 0.05) is 24.5 Å². The van der Waals surface area contributed by atoms with E-state index in [9.17, 15) is 4.79 Å². The van der Waals surface area contributed by atoms with Crippen molar-refractivity contribution in [1.29, 1.82) is 0 Å². The van der Waals surface area contributed by atoms with Crippen LogP contribution in [0.25, 0.3) is 0 Å². The molecule has 0 atom stereocenters. The van der Waals surface area contributed by atoms with E-state index in [0.717, 1.165) is 29.9 Å². The Morgan fingerprint density at radius 1 is 1.19 bits per heavy atom. The second-order valence-corrected chi connectivity index (χ2v) is 8.74. The molecule has 0 aliphatic heterocycles. The van der Waals surface area contributed by atoms with Gasteiger partial charge >= 0.3 is 0 Å². The number of nitrogens with zero attached hydrogens (tertiary/aromatic N) is 2. The van der Waals surface area contributed by atoms with Crippen LogP contribution < -0.4 is 20.1 Å². The zero-order valence-electron chi connectivity index (χ0n) is 18.5. The van der Waals surface area contributed by atoms with Gasteiger partial charge in [0.1, 0.15) is 0 Å². The lowest BCUT2D eigenvalue weighted by molar-refractivity contribution is -0.127. The van der Waals surface area contributed by atoms with Crippen LogP contribution in [-0.2, 0) is 17.9 Å². The number of thiophene rings is 1. The highest BCUT2D eigenvalue weighted by Gasteiger charge is 2.20. The summed E-state index contributed by atoms with van der Waals surface area (Å²) < 4.78 is 11.9. The minimum Gasteiger partial charge on any atom is -0.493 e. The maximum atomic E-state index is 12.0. The number of methoxy groups -OCH3 is 1. The molecule has 8 heteroatoms. The van der Waals surface area contributed by atoms with Crippen molar-refractivity contribution in [3.8, 4) is 11.5 Å². The molecule has 1 saturated carbocycles. The van der Waals surface area contributed by atoms with Crippen LogP contribution >= 0.6 is 11.3 Å². The van der Waals surface area contributed by atoms with Crippen molar-refractivity contribution in [2.75, 3.05) is 27.7 Å². The summed E-state index contributed by atoms with van der Waals surface area (Å²) in [7, 11) is 5.14. The van der Waals surface area contributed by atoms with Crippen LogP contribution in [0, 0.1) is 0 Å². The molecule has 1 amide bonds. The summed E-state index contributed by atoms with van der Waals surface area (Å²) >= 11 is 1.68. The molecule has 2 N–H and O–H groups in total. The molecular formula is C23H32N4O3S. The number of para-hydroxylation sites is 1. The highest BCUT2D eigenvalue weighted by Crippen LogP contribution is 2.35. The van der Waals surface area contributed by atoms with E-state index in [1.54, 1.807) is 37.4 Å². The molecule has 168 valence electrons. The average molecular weight is 445 g/mol. The van der Waals surface area contributed by atoms with Gasteiger partial charge in [0.15, 0.2) is 17.5 Å². The molecule has 0 spiro atoms. The minimum absolute atomic E-state index is 0.0164. The van der Waals surface area contributed by atoms with Crippen molar-refractivity contribution in [3.05, 3.63) is 46.2 Å². The lowest BCUT2D eigenvalue weighted by Crippen LogP contribution is -2.42. The summed E-state index contributed by atoms with van der Waals surface area (Å²) in [5.41, 5.74) is 0.961. The predicted molar refractivity (Wildman–Crippen MR) is 125 cm³/mol. The van der Waals surface area contributed by atoms with Crippen LogP contribution in [0.2, 0.25) is 0 Å². The third-order valence-corrected chi connectivity index (χ3v) is 6.07. The number of carbonyl (C=O) groups excluding carboxylic acids is 1. The van der Waals surface area contributed by atoms with Gasteiger partial charge in [-0.15, -0.1) is 11.3 Å². The Morgan fingerprint density at radius 2 is 2.00 bits per heavy atom. The van der Waals surface area contributed by atoms with E-state index in [-0.39, 0.29) is 18.6 Å². The third-order valence-electron chi connectivity index (χ3n) is 5.19. The first-order valence-electron chi connectivity index (χ1n) is 10.6. The average Bonchev–Trinajstić information content (AvgIpc) is 3.47. The van der Waals surface area contributed by atoms with Gasteiger partial charge in [-0.1, -0.05) is 18.2 Å². The van der Waals surface area contributed by atoms with Crippen molar-refractivity contribution in [2.45, 2.75) is 44.9 Å². The topological polar surface area (TPSA) is 75.2 Å². The van der Waals surface area contributed by atoms with Crippen LogP contribution in [0.15, 0.2) is 40.7 Å². The number of hydrogen-bond donors (Lipinski definition) is 2. The number of aliphatic imine (C=N–C) groups is 1. The molecular weight excluding hydrogens is 412 g/mol. The Labute approximate surface area is 188 Å². The monoisotopic (exact) mass is 444 g/mol. The fraction of sp³-hybridized carbons (Fsp3) is 0.478. The molecule has 1 heterocycles. The van der Waals surface area contributed by atoms with Crippen molar-refractivity contribution >= 4 is 23.2 Å². The van der Waals surface area contributed by atoms with Crippen molar-refractivity contribution in [1.82, 2.24) is 15.5 Å². The molecule has 0 saturated heterocycles. The SMILES string of the molecule is COc1cccc(CN=C(NCC(=O)N(C)C)NCc2cccs2)c1OC1CCCC1. The minimum atomic E-state index is -0.0164. The van der Waals surface area contributed by atoms with E-state index in [2.05, 4.69) is 16.7 Å². The second-order valence-electron chi connectivity index (χ2n) is 7.71. The largest absolute Gasteiger partial charge is 0.493 e. The first-order chi connectivity index (χ1) is 15.1. The Kier molecular flexibility index (Phi) is 8.58. The van der Waals surface area contributed by atoms with E-state index in [0.29, 0.717) is 19.0 Å². The quantitative estimate of drug-likeness (QED) is 0.458. The number of carbonyl (C=O) groups is 1. The van der Waals surface area contributed by atoms with Crippen LogP contribution in [0.3, 0.4) is 0 Å². The fourth-order valence-corrected chi connectivity index (χ4v) is 4.04. The Hall–Kier alpha value is -2.74. The molecule has 1 aliphatic carbocycles. The number of likely N-dealkylation sites (N-methyl/N-ethyl adjacent to an activating group) is 1. The van der Waals surface area contributed by atoms with Gasteiger partial charge in [0.2, 0.25) is 5.91 Å². The first kappa shape index (κ1) is 22.9. The van der Waals surface area contributed by atoms with Crippen molar-refractivity contribution in [3.63, 3.8) is 0 Å². The van der Waals surface area contributed by atoms with E-state index >= 15 is 0 Å². The number of nitrogens with one attached hydrogen (secondary N) is 2. The summed E-state index contributed by atoms with van der Waals surface area (Å²) in [5.74, 6) is 2.06. The van der Waals surface area contributed by atoms with Gasteiger partial charge in [0.05, 0.1) is 32.8 Å². The van der Waals surface area contributed by atoms with Gasteiger partial charge in [-0.3, -0.25) is 4.79 Å².